The Labute approximate surface area is 107 Å². The van der Waals surface area contributed by atoms with E-state index in [-0.39, 0.29) is 13.2 Å². The van der Waals surface area contributed by atoms with Gasteiger partial charge in [-0.25, -0.2) is 0 Å². The standard InChI is InChI=1S/C2H6O2.6ClH.2Ti/c3-1-2-4;;;;;;;;/h3-4H,1-2H2;6*1H;;/q;;;;;;;2*+3/p-6. The molecule has 76 valence electrons. The van der Waals surface area contributed by atoms with Crippen LogP contribution < -0.4 is 0 Å². The van der Waals surface area contributed by atoms with Crippen LogP contribution in [-0.2, 0) is 29.4 Å². The molecule has 0 spiro atoms. The summed E-state index contributed by atoms with van der Waals surface area (Å²) in [6, 6.07) is 0. The van der Waals surface area contributed by atoms with Crippen molar-refractivity contribution in [2.45, 2.75) is 0 Å². The topological polar surface area (TPSA) is 40.5 Å². The van der Waals surface area contributed by atoms with E-state index in [0.717, 1.165) is 0 Å². The Kier molecular flexibility index (Phi) is 33.5. The fraction of sp³-hybridized carbons (Fsp3) is 1.00. The number of rotatable bonds is 1. The van der Waals surface area contributed by atoms with Gasteiger partial charge in [-0.15, -0.1) is 0 Å². The normalized spacial score (nSPS) is 7.00. The first kappa shape index (κ1) is 20.5. The van der Waals surface area contributed by atoms with E-state index in [1.807, 2.05) is 0 Å². The average Bonchev–Trinajstić information content (AvgIpc) is 1.85. The third-order valence-corrected chi connectivity index (χ3v) is 0.1000. The predicted molar refractivity (Wildman–Crippen MR) is 49.3 cm³/mol. The maximum atomic E-state index is 7.62. The molecule has 12 heavy (non-hydrogen) atoms. The summed E-state index contributed by atoms with van der Waals surface area (Å²) in [5, 5.41) is 15.2. The molecule has 0 rings (SSSR count). The third-order valence-electron chi connectivity index (χ3n) is 0.1000. The van der Waals surface area contributed by atoms with E-state index in [9.17, 15) is 0 Å². The molecule has 0 aromatic heterocycles. The zero-order valence-corrected chi connectivity index (χ0v) is 13.2. The van der Waals surface area contributed by atoms with Gasteiger partial charge in [0, 0.05) is 0 Å². The molecule has 0 saturated heterocycles. The van der Waals surface area contributed by atoms with Crippen LogP contribution >= 0.6 is 55.8 Å². The second kappa shape index (κ2) is 19.6. The van der Waals surface area contributed by atoms with Crippen LogP contribution in [0, 0.1) is 0 Å². The molecule has 0 aliphatic rings. The van der Waals surface area contributed by atoms with Crippen LogP contribution in [-0.4, -0.2) is 23.4 Å². The van der Waals surface area contributed by atoms with Crippen molar-refractivity contribution in [1.82, 2.24) is 0 Å². The molecule has 0 aromatic rings. The summed E-state index contributed by atoms with van der Waals surface area (Å²) >= 11 is -3.83. The monoisotopic (exact) mass is 368 g/mol. The molecule has 0 aliphatic carbocycles. The number of hydrogen-bond donors (Lipinski definition) is 2. The Morgan fingerprint density at radius 2 is 0.750 bits per heavy atom. The van der Waals surface area contributed by atoms with Crippen molar-refractivity contribution in [3.8, 4) is 0 Å². The molecule has 0 heterocycles. The SMILES string of the molecule is OCCO.[Cl][Ti]([Cl])[Cl].[Cl][Ti]([Cl])[Cl]. The van der Waals surface area contributed by atoms with Crippen LogP contribution in [0.3, 0.4) is 0 Å². The van der Waals surface area contributed by atoms with Crippen molar-refractivity contribution in [2.75, 3.05) is 13.2 Å². The molecule has 0 amide bonds. The van der Waals surface area contributed by atoms with Crippen LogP contribution in [0.4, 0.5) is 0 Å². The first-order valence-corrected chi connectivity index (χ1v) is 15.2. The van der Waals surface area contributed by atoms with Gasteiger partial charge >= 0.3 is 85.2 Å². The fourth-order valence-corrected chi connectivity index (χ4v) is 0. The molecule has 0 aromatic carbocycles. The number of hydrogen-bond acceptors (Lipinski definition) is 2. The summed E-state index contributed by atoms with van der Waals surface area (Å²) in [7, 11) is 29.8. The van der Waals surface area contributed by atoms with Gasteiger partial charge in [0.05, 0.1) is 13.2 Å². The fourth-order valence-electron chi connectivity index (χ4n) is 0. The first-order chi connectivity index (χ1) is 5.38. The van der Waals surface area contributed by atoms with Crippen LogP contribution in [0.1, 0.15) is 0 Å². The summed E-state index contributed by atoms with van der Waals surface area (Å²) < 4.78 is 0. The maximum absolute atomic E-state index is 7.62. The van der Waals surface area contributed by atoms with E-state index < -0.39 is 29.4 Å². The van der Waals surface area contributed by atoms with Gasteiger partial charge in [-0.1, -0.05) is 0 Å². The Bertz CT molecular complexity index is 52.0. The zero-order valence-electron chi connectivity index (χ0n) is 5.58. The van der Waals surface area contributed by atoms with Crippen LogP contribution in [0.2, 0.25) is 0 Å². The molecule has 0 bridgehead atoms. The second-order valence-electron chi connectivity index (χ2n) is 0.876. The van der Waals surface area contributed by atoms with Gasteiger partial charge in [0.25, 0.3) is 0 Å². The van der Waals surface area contributed by atoms with E-state index in [2.05, 4.69) is 0 Å². The Morgan fingerprint density at radius 3 is 0.750 bits per heavy atom. The van der Waals surface area contributed by atoms with Gasteiger partial charge in [-0.2, -0.15) is 0 Å². The van der Waals surface area contributed by atoms with E-state index in [1.165, 1.54) is 0 Å². The molecule has 0 unspecified atom stereocenters. The minimum atomic E-state index is -1.92. The molecule has 10 heteroatoms. The van der Waals surface area contributed by atoms with Crippen LogP contribution in [0.25, 0.3) is 0 Å². The van der Waals surface area contributed by atoms with E-state index >= 15 is 0 Å². The molecule has 2 N–H and O–H groups in total. The van der Waals surface area contributed by atoms with Crippen molar-refractivity contribution in [3.63, 3.8) is 0 Å². The van der Waals surface area contributed by atoms with Crippen LogP contribution in [0.15, 0.2) is 0 Å². The molecular formula is C2H6Cl6O2Ti2. The van der Waals surface area contributed by atoms with Gasteiger partial charge in [0.15, 0.2) is 0 Å². The zero-order chi connectivity index (χ0) is 10.6. The molecule has 0 fully saturated rings. The number of halogens is 6. The Morgan fingerprint density at radius 1 is 0.667 bits per heavy atom. The second-order valence-corrected chi connectivity index (χ2v) is 16.4. The van der Waals surface area contributed by atoms with Gasteiger partial charge in [0.2, 0.25) is 0 Å². The Hall–Kier alpha value is 3.09. The summed E-state index contributed by atoms with van der Waals surface area (Å²) in [6.45, 7) is -0.250. The molecule has 0 radical (unpaired) electrons. The van der Waals surface area contributed by atoms with Crippen LogP contribution in [0.5, 0.6) is 0 Å². The molecule has 0 aliphatic heterocycles. The summed E-state index contributed by atoms with van der Waals surface area (Å²) in [6.07, 6.45) is 0. The molecule has 0 atom stereocenters. The average molecular weight is 371 g/mol. The number of aliphatic hydroxyl groups excluding tert-OH is 2. The van der Waals surface area contributed by atoms with E-state index in [0.29, 0.717) is 0 Å². The Balaban J connectivity index is -0.000000101. The van der Waals surface area contributed by atoms with Crippen molar-refractivity contribution in [2.24, 2.45) is 0 Å². The quantitative estimate of drug-likeness (QED) is 0.697. The summed E-state index contributed by atoms with van der Waals surface area (Å²) in [5.41, 5.74) is 0. The first-order valence-electron chi connectivity index (χ1n) is 2.27. The molecular weight excluding hydrogens is 364 g/mol. The predicted octanol–water partition coefficient (Wildman–Crippen LogP) is 3.10. The van der Waals surface area contributed by atoms with Gasteiger partial charge in [0.1, 0.15) is 0 Å². The third kappa shape index (κ3) is 114. The van der Waals surface area contributed by atoms with Crippen molar-refractivity contribution in [3.05, 3.63) is 0 Å². The number of aliphatic hydroxyl groups is 2. The van der Waals surface area contributed by atoms with Gasteiger partial charge < -0.3 is 10.2 Å². The van der Waals surface area contributed by atoms with Crippen molar-refractivity contribution < 1.29 is 39.6 Å². The summed E-state index contributed by atoms with van der Waals surface area (Å²) in [5.74, 6) is 0. The minimum absolute atomic E-state index is 0.125. The van der Waals surface area contributed by atoms with E-state index in [1.54, 1.807) is 0 Å². The molecule has 0 saturated carbocycles. The van der Waals surface area contributed by atoms with Crippen molar-refractivity contribution >= 4 is 55.8 Å². The van der Waals surface area contributed by atoms with Gasteiger partial charge in [-0.05, 0) is 0 Å². The summed E-state index contributed by atoms with van der Waals surface area (Å²) in [4.78, 5) is 0. The molecule has 2 nitrogen and oxygen atoms in total. The van der Waals surface area contributed by atoms with Crippen molar-refractivity contribution in [1.29, 1.82) is 0 Å². The van der Waals surface area contributed by atoms with E-state index in [4.69, 9.17) is 66.0 Å². The van der Waals surface area contributed by atoms with Gasteiger partial charge in [-0.3, -0.25) is 0 Å².